The van der Waals surface area contributed by atoms with E-state index in [0.717, 1.165) is 29.3 Å². The van der Waals surface area contributed by atoms with Crippen LogP contribution in [0.4, 0.5) is 8.78 Å². The Morgan fingerprint density at radius 1 is 1.13 bits per heavy atom. The van der Waals surface area contributed by atoms with E-state index in [1.165, 1.54) is 32.2 Å². The van der Waals surface area contributed by atoms with Gasteiger partial charge in [-0.25, -0.2) is 13.8 Å². The average Bonchev–Trinajstić information content (AvgIpc) is 3.47. The number of carbonyl (C=O) groups excluding carboxylic acids is 1. The number of aromatic nitrogens is 3. The summed E-state index contributed by atoms with van der Waals surface area (Å²) in [5, 5.41) is 2.88. The first-order valence-electron chi connectivity index (χ1n) is 11.8. The summed E-state index contributed by atoms with van der Waals surface area (Å²) in [4.78, 5) is 32.1. The monoisotopic (exact) mass is 547 g/mol. The highest BCUT2D eigenvalue weighted by Crippen LogP contribution is 2.32. The van der Waals surface area contributed by atoms with Gasteiger partial charge in [0, 0.05) is 40.5 Å². The molecule has 0 aliphatic rings. The number of allylic oxidation sites excluding steroid dienone is 1. The number of hydrogen-bond acceptors (Lipinski definition) is 5. The van der Waals surface area contributed by atoms with Crippen molar-refractivity contribution in [2.45, 2.75) is 25.5 Å². The average molecular weight is 548 g/mol. The van der Waals surface area contributed by atoms with Gasteiger partial charge in [-0.15, -0.1) is 17.9 Å². The first-order valence-corrected chi connectivity index (χ1v) is 13.7. The molecule has 192 valence electrons. The minimum atomic E-state index is -0.585. The Balaban J connectivity index is 1.48. The molecule has 3 heterocycles. The van der Waals surface area contributed by atoms with Crippen LogP contribution < -0.4 is 5.56 Å². The van der Waals surface area contributed by atoms with Gasteiger partial charge < -0.3 is 4.57 Å². The van der Waals surface area contributed by atoms with Crippen molar-refractivity contribution in [2.24, 2.45) is 0 Å². The highest BCUT2D eigenvalue weighted by Gasteiger charge is 2.21. The summed E-state index contributed by atoms with van der Waals surface area (Å²) in [7, 11) is 0. The van der Waals surface area contributed by atoms with Gasteiger partial charge in [-0.05, 0) is 37.6 Å². The van der Waals surface area contributed by atoms with E-state index in [-0.39, 0.29) is 29.3 Å². The largest absolute Gasteiger partial charge is 0.315 e. The van der Waals surface area contributed by atoms with Crippen molar-refractivity contribution < 1.29 is 13.6 Å². The second-order valence-electron chi connectivity index (χ2n) is 8.72. The number of aryl methyl sites for hydroxylation is 1. The number of benzene rings is 2. The van der Waals surface area contributed by atoms with Crippen molar-refractivity contribution >= 4 is 39.1 Å². The fourth-order valence-corrected chi connectivity index (χ4v) is 6.40. The molecule has 0 spiro atoms. The normalized spacial score (nSPS) is 11.3. The maximum Gasteiger partial charge on any atom is 0.263 e. The highest BCUT2D eigenvalue weighted by molar-refractivity contribution is 7.99. The number of rotatable bonds is 8. The summed E-state index contributed by atoms with van der Waals surface area (Å²) >= 11 is 2.55. The second-order valence-corrected chi connectivity index (χ2v) is 10.5. The van der Waals surface area contributed by atoms with Crippen molar-refractivity contribution in [1.82, 2.24) is 14.1 Å². The Hall–Kier alpha value is -3.82. The minimum Gasteiger partial charge on any atom is -0.315 e. The van der Waals surface area contributed by atoms with Crippen LogP contribution in [0.15, 0.2) is 82.6 Å². The van der Waals surface area contributed by atoms with Crippen LogP contribution in [0.5, 0.6) is 0 Å². The number of halogens is 2. The Morgan fingerprint density at radius 3 is 2.63 bits per heavy atom. The Labute approximate surface area is 226 Å². The lowest BCUT2D eigenvalue weighted by Gasteiger charge is -2.12. The van der Waals surface area contributed by atoms with E-state index >= 15 is 0 Å². The number of hydrogen-bond donors (Lipinski definition) is 0. The van der Waals surface area contributed by atoms with Gasteiger partial charge in [0.25, 0.3) is 5.56 Å². The summed E-state index contributed by atoms with van der Waals surface area (Å²) in [5.41, 5.74) is 3.13. The van der Waals surface area contributed by atoms with Crippen LogP contribution in [-0.4, -0.2) is 25.7 Å². The van der Waals surface area contributed by atoms with Crippen LogP contribution in [0, 0.1) is 25.5 Å². The molecule has 0 saturated heterocycles. The molecule has 3 aromatic heterocycles. The molecule has 0 fully saturated rings. The van der Waals surface area contributed by atoms with Gasteiger partial charge in [-0.2, -0.15) is 0 Å². The van der Waals surface area contributed by atoms with Crippen LogP contribution in [0.3, 0.4) is 0 Å². The highest BCUT2D eigenvalue weighted by atomic mass is 32.2. The smallest absolute Gasteiger partial charge is 0.263 e. The molecule has 0 aliphatic carbocycles. The number of thiophene rings is 1. The van der Waals surface area contributed by atoms with Crippen molar-refractivity contribution in [3.63, 3.8) is 0 Å². The quantitative estimate of drug-likeness (QED) is 0.0911. The lowest BCUT2D eigenvalue weighted by atomic mass is 10.1. The van der Waals surface area contributed by atoms with Gasteiger partial charge in [-0.1, -0.05) is 48.2 Å². The fraction of sp³-hybridized carbons (Fsp3) is 0.138. The summed E-state index contributed by atoms with van der Waals surface area (Å²) in [6.07, 6.45) is 1.62. The van der Waals surface area contributed by atoms with E-state index in [2.05, 4.69) is 6.58 Å². The summed E-state index contributed by atoms with van der Waals surface area (Å²) in [6, 6.07) is 14.6. The zero-order chi connectivity index (χ0) is 27.0. The Bertz CT molecular complexity index is 1750. The lowest BCUT2D eigenvalue weighted by Crippen LogP contribution is -2.23. The third kappa shape index (κ3) is 4.63. The molecule has 9 heteroatoms. The van der Waals surface area contributed by atoms with Crippen molar-refractivity contribution in [1.29, 1.82) is 0 Å². The summed E-state index contributed by atoms with van der Waals surface area (Å²) < 4.78 is 31.3. The third-order valence-corrected chi connectivity index (χ3v) is 8.12. The molecule has 5 nitrogen and oxygen atoms in total. The maximum atomic E-state index is 14.5. The molecular weight excluding hydrogens is 524 g/mol. The number of carbonyl (C=O) groups is 1. The topological polar surface area (TPSA) is 56.9 Å². The summed E-state index contributed by atoms with van der Waals surface area (Å²) in [5.74, 6) is -1.34. The van der Waals surface area contributed by atoms with Crippen LogP contribution in [-0.2, 0) is 6.54 Å². The van der Waals surface area contributed by atoms with Crippen LogP contribution in [0.2, 0.25) is 0 Å². The van der Waals surface area contributed by atoms with Crippen molar-refractivity contribution in [3.05, 3.63) is 112 Å². The molecule has 0 radical (unpaired) electrons. The number of thioether (sulfide) groups is 1. The van der Waals surface area contributed by atoms with E-state index < -0.39 is 11.6 Å². The van der Waals surface area contributed by atoms with Gasteiger partial charge in [0.05, 0.1) is 16.8 Å². The van der Waals surface area contributed by atoms with Crippen molar-refractivity contribution in [2.75, 3.05) is 5.75 Å². The molecule has 0 saturated carbocycles. The molecule has 5 rings (SSSR count). The van der Waals surface area contributed by atoms with Crippen molar-refractivity contribution in [3.8, 4) is 16.8 Å². The van der Waals surface area contributed by atoms with Gasteiger partial charge in [0.15, 0.2) is 10.9 Å². The van der Waals surface area contributed by atoms with Crippen LogP contribution in [0.1, 0.15) is 21.7 Å². The predicted molar refractivity (Wildman–Crippen MR) is 150 cm³/mol. The van der Waals surface area contributed by atoms with Gasteiger partial charge in [0.1, 0.15) is 16.5 Å². The maximum absolute atomic E-state index is 14.5. The zero-order valence-corrected chi connectivity index (χ0v) is 22.3. The van der Waals surface area contributed by atoms with Crippen LogP contribution >= 0.6 is 23.1 Å². The molecule has 0 N–H and O–H groups in total. The van der Waals surface area contributed by atoms with E-state index in [1.807, 2.05) is 35.7 Å². The number of Topliss-reactive ketones (excluding diaryl/α,β-unsaturated/α-hetero) is 1. The van der Waals surface area contributed by atoms with E-state index in [1.54, 1.807) is 26.0 Å². The predicted octanol–water partition coefficient (Wildman–Crippen LogP) is 6.97. The molecule has 5 aromatic rings. The summed E-state index contributed by atoms with van der Waals surface area (Å²) in [6.45, 7) is 7.45. The van der Waals surface area contributed by atoms with Gasteiger partial charge >= 0.3 is 0 Å². The van der Waals surface area contributed by atoms with Gasteiger partial charge in [0.2, 0.25) is 0 Å². The Kier molecular flexibility index (Phi) is 7.14. The molecule has 0 atom stereocenters. The lowest BCUT2D eigenvalue weighted by molar-refractivity contribution is 0.102. The third-order valence-electron chi connectivity index (χ3n) is 6.27. The minimum absolute atomic E-state index is 0.0158. The number of ketones is 1. The molecule has 38 heavy (non-hydrogen) atoms. The number of fused-ring (bicyclic) bond motifs is 1. The molecular formula is C29H23F2N3O2S2. The van der Waals surface area contributed by atoms with E-state index in [0.29, 0.717) is 32.3 Å². The molecule has 0 bridgehead atoms. The fourth-order valence-electron chi connectivity index (χ4n) is 4.52. The van der Waals surface area contributed by atoms with E-state index in [9.17, 15) is 18.4 Å². The first-order chi connectivity index (χ1) is 18.3. The SMILES string of the molecule is C=CCn1c(SCC(=O)c2cc(C)n(-c3cc(F)ccc3F)c2C)nc2scc(-c3ccccc3)c2c1=O. The first kappa shape index (κ1) is 25.8. The van der Waals surface area contributed by atoms with Crippen LogP contribution in [0.25, 0.3) is 27.0 Å². The number of nitrogens with zero attached hydrogens (tertiary/aromatic N) is 3. The standard InChI is InChI=1S/C29H23F2N3O2S2/c1-4-12-33-28(36)26-22(19-8-6-5-7-9-19)15-37-27(26)32-29(33)38-16-25(35)21-13-17(2)34(18(21)3)24-14-20(30)10-11-23(24)31/h4-11,13-15H,1,12,16H2,2-3H3. The second kappa shape index (κ2) is 10.5. The Morgan fingerprint density at radius 2 is 1.89 bits per heavy atom. The molecule has 0 unspecified atom stereocenters. The molecule has 0 aliphatic heterocycles. The van der Waals surface area contributed by atoms with Gasteiger partial charge in [-0.3, -0.25) is 14.2 Å². The van der Waals surface area contributed by atoms with E-state index in [4.69, 9.17) is 4.98 Å². The zero-order valence-electron chi connectivity index (χ0n) is 20.7. The molecule has 0 amide bonds. The molecule has 2 aromatic carbocycles.